The predicted octanol–water partition coefficient (Wildman–Crippen LogP) is 4.42. The summed E-state index contributed by atoms with van der Waals surface area (Å²) in [4.78, 5) is -0.597. The molecule has 2 aromatic carbocycles. The van der Waals surface area contributed by atoms with E-state index in [1.165, 1.54) is 18.2 Å². The summed E-state index contributed by atoms with van der Waals surface area (Å²) < 4.78 is 54.3. The van der Waals surface area contributed by atoms with Gasteiger partial charge in [-0.25, -0.2) is 13.1 Å². The van der Waals surface area contributed by atoms with Gasteiger partial charge in [-0.2, -0.15) is 8.78 Å². The smallest absolute Gasteiger partial charge is 0.286 e. The van der Waals surface area contributed by atoms with Crippen LogP contribution in [-0.2, 0) is 15.9 Å². The van der Waals surface area contributed by atoms with Crippen LogP contribution in [0.1, 0.15) is 5.56 Å². The molecule has 0 spiro atoms. The van der Waals surface area contributed by atoms with E-state index in [2.05, 4.69) is 0 Å². The molecule has 0 aromatic heterocycles. The van der Waals surface area contributed by atoms with Crippen LogP contribution in [0.2, 0.25) is 15.1 Å². The van der Waals surface area contributed by atoms with Gasteiger partial charge in [0.2, 0.25) is 10.0 Å². The van der Waals surface area contributed by atoms with Crippen molar-refractivity contribution in [3.05, 3.63) is 57.0 Å². The third-order valence-electron chi connectivity index (χ3n) is 3.07. The molecule has 4 nitrogen and oxygen atoms in total. The Bertz CT molecular complexity index is 876. The monoisotopic (exact) mass is 415 g/mol. The molecule has 0 aliphatic heterocycles. The first-order chi connectivity index (χ1) is 11.0. The summed E-state index contributed by atoms with van der Waals surface area (Å²) >= 11 is 17.0. The van der Waals surface area contributed by atoms with Crippen LogP contribution in [0.3, 0.4) is 0 Å². The number of alkyl halides is 2. The second-order valence-corrected chi connectivity index (χ2v) is 7.70. The molecule has 0 saturated carbocycles. The average molecular weight is 417 g/mol. The van der Waals surface area contributed by atoms with Crippen LogP contribution >= 0.6 is 34.8 Å². The van der Waals surface area contributed by atoms with Gasteiger partial charge in [0.25, 0.3) is 5.92 Å². The first-order valence-electron chi connectivity index (χ1n) is 6.35. The molecule has 2 rings (SSSR count). The Morgan fingerprint density at radius 1 is 1.04 bits per heavy atom. The number of aromatic hydroxyl groups is 1. The molecule has 0 radical (unpaired) electrons. The summed E-state index contributed by atoms with van der Waals surface area (Å²) in [6.07, 6.45) is 0. The molecule has 0 unspecified atom stereocenters. The first kappa shape index (κ1) is 19.2. The summed E-state index contributed by atoms with van der Waals surface area (Å²) in [5.74, 6) is -4.26. The van der Waals surface area contributed by atoms with Crippen LogP contribution in [-0.4, -0.2) is 20.1 Å². The molecule has 0 bridgehead atoms. The van der Waals surface area contributed by atoms with Crippen molar-refractivity contribution in [2.45, 2.75) is 10.8 Å². The van der Waals surface area contributed by atoms with Crippen LogP contribution in [0.5, 0.6) is 5.75 Å². The van der Waals surface area contributed by atoms with E-state index in [4.69, 9.17) is 34.8 Å². The Hall–Kier alpha value is -1.12. The molecular weight excluding hydrogens is 407 g/mol. The van der Waals surface area contributed by atoms with Gasteiger partial charge >= 0.3 is 0 Å². The Labute approximate surface area is 152 Å². The highest BCUT2D eigenvalue weighted by Crippen LogP contribution is 2.34. The Morgan fingerprint density at radius 3 is 2.33 bits per heavy atom. The van der Waals surface area contributed by atoms with E-state index in [1.54, 1.807) is 4.72 Å². The maximum atomic E-state index is 14.2. The molecule has 0 saturated heterocycles. The minimum Gasteiger partial charge on any atom is -0.505 e. The molecule has 2 N–H and O–H groups in total. The number of hydrogen-bond acceptors (Lipinski definition) is 3. The Morgan fingerprint density at radius 2 is 1.71 bits per heavy atom. The number of halogens is 5. The van der Waals surface area contributed by atoms with Crippen molar-refractivity contribution >= 4 is 44.8 Å². The van der Waals surface area contributed by atoms with Crippen LogP contribution in [0, 0.1) is 0 Å². The maximum Gasteiger partial charge on any atom is 0.286 e. The van der Waals surface area contributed by atoms with Gasteiger partial charge in [0, 0.05) is 5.56 Å². The SMILES string of the molecule is O=S(=O)(NCC(F)(F)c1ccc(Cl)c(Cl)c1)c1cccc(Cl)c1O. The van der Waals surface area contributed by atoms with E-state index in [9.17, 15) is 22.3 Å². The summed E-state index contributed by atoms with van der Waals surface area (Å²) in [6, 6.07) is 6.76. The quantitative estimate of drug-likeness (QED) is 0.758. The Balaban J connectivity index is 2.24. The van der Waals surface area contributed by atoms with Crippen molar-refractivity contribution in [3.8, 4) is 5.75 Å². The minimum atomic E-state index is -4.40. The van der Waals surface area contributed by atoms with Gasteiger partial charge in [-0.05, 0) is 24.3 Å². The number of rotatable bonds is 5. The third-order valence-corrected chi connectivity index (χ3v) is 5.54. The molecule has 130 valence electrons. The molecule has 0 atom stereocenters. The molecule has 0 heterocycles. The lowest BCUT2D eigenvalue weighted by Gasteiger charge is -2.18. The van der Waals surface area contributed by atoms with Gasteiger partial charge in [0.05, 0.1) is 21.6 Å². The molecule has 0 amide bonds. The van der Waals surface area contributed by atoms with Gasteiger partial charge in [-0.1, -0.05) is 46.9 Å². The maximum absolute atomic E-state index is 14.2. The van der Waals surface area contributed by atoms with E-state index in [1.807, 2.05) is 0 Å². The van der Waals surface area contributed by atoms with Gasteiger partial charge in [-0.15, -0.1) is 0 Å². The zero-order chi connectivity index (χ0) is 18.1. The van der Waals surface area contributed by atoms with E-state index < -0.39 is 38.7 Å². The molecule has 2 aromatic rings. The van der Waals surface area contributed by atoms with E-state index >= 15 is 0 Å². The van der Waals surface area contributed by atoms with E-state index in [-0.39, 0.29) is 15.1 Å². The van der Waals surface area contributed by atoms with Crippen LogP contribution in [0.25, 0.3) is 0 Å². The summed E-state index contributed by atoms with van der Waals surface area (Å²) in [5.41, 5.74) is -0.505. The standard InChI is InChI=1S/C14H10Cl3F2NO3S/c15-9-5-4-8(6-11(9)17)14(18,19)7-20-24(22,23)12-3-1-2-10(16)13(12)21/h1-6,20-21H,7H2. The largest absolute Gasteiger partial charge is 0.505 e. The molecule has 0 fully saturated rings. The fraction of sp³-hybridized carbons (Fsp3) is 0.143. The summed E-state index contributed by atoms with van der Waals surface area (Å²) in [7, 11) is -4.40. The molecule has 24 heavy (non-hydrogen) atoms. The van der Waals surface area contributed by atoms with E-state index in [0.717, 1.165) is 18.2 Å². The second-order valence-electron chi connectivity index (χ2n) is 4.74. The van der Waals surface area contributed by atoms with E-state index in [0.29, 0.717) is 0 Å². The van der Waals surface area contributed by atoms with Gasteiger partial charge in [0.1, 0.15) is 4.90 Å². The average Bonchev–Trinajstić information content (AvgIpc) is 2.50. The minimum absolute atomic E-state index is 0.0795. The zero-order valence-corrected chi connectivity index (χ0v) is 14.8. The zero-order valence-electron chi connectivity index (χ0n) is 11.7. The van der Waals surface area contributed by atoms with Crippen molar-refractivity contribution in [3.63, 3.8) is 0 Å². The highest BCUT2D eigenvalue weighted by molar-refractivity contribution is 7.89. The number of benzene rings is 2. The Kier molecular flexibility index (Phi) is 5.61. The van der Waals surface area contributed by atoms with Crippen molar-refractivity contribution in [1.29, 1.82) is 0 Å². The number of hydrogen-bond donors (Lipinski definition) is 2. The van der Waals surface area contributed by atoms with Crippen molar-refractivity contribution in [2.75, 3.05) is 6.54 Å². The summed E-state index contributed by atoms with van der Waals surface area (Å²) in [5, 5.41) is 9.48. The molecule has 0 aliphatic rings. The highest BCUT2D eigenvalue weighted by atomic mass is 35.5. The molecular formula is C14H10Cl3F2NO3S. The lowest BCUT2D eigenvalue weighted by Crippen LogP contribution is -2.35. The van der Waals surface area contributed by atoms with Crippen molar-refractivity contribution < 1.29 is 22.3 Å². The number of para-hydroxylation sites is 1. The highest BCUT2D eigenvalue weighted by Gasteiger charge is 2.34. The predicted molar refractivity (Wildman–Crippen MR) is 88.7 cm³/mol. The number of phenolic OH excluding ortho intramolecular Hbond substituents is 1. The number of nitrogens with one attached hydrogen (secondary N) is 1. The fourth-order valence-electron chi connectivity index (χ4n) is 1.80. The van der Waals surface area contributed by atoms with Gasteiger partial charge < -0.3 is 5.11 Å². The fourth-order valence-corrected chi connectivity index (χ4v) is 3.48. The van der Waals surface area contributed by atoms with Crippen LogP contribution < -0.4 is 4.72 Å². The summed E-state index contributed by atoms with van der Waals surface area (Å²) in [6.45, 7) is -1.24. The van der Waals surface area contributed by atoms with Gasteiger partial charge in [-0.3, -0.25) is 0 Å². The lowest BCUT2D eigenvalue weighted by atomic mass is 10.1. The first-order valence-corrected chi connectivity index (χ1v) is 8.97. The number of sulfonamides is 1. The third kappa shape index (κ3) is 4.10. The van der Waals surface area contributed by atoms with Crippen LogP contribution in [0.4, 0.5) is 8.78 Å². The van der Waals surface area contributed by atoms with Gasteiger partial charge in [0.15, 0.2) is 5.75 Å². The van der Waals surface area contributed by atoms with Crippen LogP contribution in [0.15, 0.2) is 41.3 Å². The van der Waals surface area contributed by atoms with Crippen molar-refractivity contribution in [1.82, 2.24) is 4.72 Å². The molecule has 0 aliphatic carbocycles. The van der Waals surface area contributed by atoms with Crippen molar-refractivity contribution in [2.24, 2.45) is 0 Å². The normalized spacial score (nSPS) is 12.4. The lowest BCUT2D eigenvalue weighted by molar-refractivity contribution is 0.00209. The molecule has 10 heteroatoms. The second kappa shape index (κ2) is 7.01. The number of phenols is 1. The topological polar surface area (TPSA) is 66.4 Å².